The molecule has 0 saturated carbocycles. The second-order valence-corrected chi connectivity index (χ2v) is 6.96. The van der Waals surface area contributed by atoms with Crippen LogP contribution in [0.25, 0.3) is 16.8 Å². The van der Waals surface area contributed by atoms with Gasteiger partial charge in [0.05, 0.1) is 30.5 Å². The minimum absolute atomic E-state index is 0.121. The van der Waals surface area contributed by atoms with E-state index in [-0.39, 0.29) is 12.2 Å². The Bertz CT molecular complexity index is 1010. The van der Waals surface area contributed by atoms with Crippen molar-refractivity contribution >= 4 is 17.6 Å². The average molecular weight is 397 g/mol. The van der Waals surface area contributed by atoms with Crippen LogP contribution in [0.15, 0.2) is 31.0 Å². The van der Waals surface area contributed by atoms with Gasteiger partial charge in [-0.3, -0.25) is 0 Å². The quantitative estimate of drug-likeness (QED) is 0.658. The summed E-state index contributed by atoms with van der Waals surface area (Å²) < 4.78 is 12.3. The zero-order valence-electron chi connectivity index (χ0n) is 16.6. The first-order valence-electron chi connectivity index (χ1n) is 9.46. The molecule has 1 aliphatic heterocycles. The van der Waals surface area contributed by atoms with Crippen LogP contribution in [0.4, 0.5) is 10.6 Å². The van der Waals surface area contributed by atoms with E-state index in [0.29, 0.717) is 37.7 Å². The van der Waals surface area contributed by atoms with Crippen molar-refractivity contribution in [1.82, 2.24) is 29.5 Å². The van der Waals surface area contributed by atoms with Crippen molar-refractivity contribution in [3.63, 3.8) is 0 Å². The van der Waals surface area contributed by atoms with Crippen molar-refractivity contribution in [2.45, 2.75) is 20.0 Å². The van der Waals surface area contributed by atoms with E-state index in [1.165, 1.54) is 6.33 Å². The molecule has 0 aliphatic carbocycles. The molecule has 0 unspecified atom stereocenters. The molecule has 0 aromatic carbocycles. The van der Waals surface area contributed by atoms with E-state index in [9.17, 15) is 4.79 Å². The lowest BCUT2D eigenvalue weighted by Gasteiger charge is -2.35. The highest BCUT2D eigenvalue weighted by Crippen LogP contribution is 2.30. The zero-order chi connectivity index (χ0) is 20.4. The van der Waals surface area contributed by atoms with Crippen LogP contribution >= 0.6 is 0 Å². The normalized spacial score (nSPS) is 14.5. The Morgan fingerprint density at radius 3 is 2.66 bits per heavy atom. The molecule has 3 aromatic rings. The number of piperazine rings is 1. The summed E-state index contributed by atoms with van der Waals surface area (Å²) in [5.41, 5.74) is 2.22. The van der Waals surface area contributed by atoms with Crippen molar-refractivity contribution in [3.8, 4) is 17.0 Å². The molecular weight excluding hydrogens is 374 g/mol. The second kappa shape index (κ2) is 7.90. The highest BCUT2D eigenvalue weighted by Gasteiger charge is 2.24. The van der Waals surface area contributed by atoms with Crippen LogP contribution in [0.1, 0.15) is 13.8 Å². The van der Waals surface area contributed by atoms with Gasteiger partial charge in [0.1, 0.15) is 12.1 Å². The first-order valence-corrected chi connectivity index (χ1v) is 9.46. The van der Waals surface area contributed by atoms with Crippen molar-refractivity contribution in [3.05, 3.63) is 31.0 Å². The Morgan fingerprint density at radius 2 is 1.93 bits per heavy atom. The highest BCUT2D eigenvalue weighted by atomic mass is 16.6. The summed E-state index contributed by atoms with van der Waals surface area (Å²) in [7, 11) is 1.57. The third-order valence-corrected chi connectivity index (χ3v) is 4.71. The van der Waals surface area contributed by atoms with Crippen molar-refractivity contribution in [2.24, 2.45) is 0 Å². The average Bonchev–Trinajstić information content (AvgIpc) is 3.16. The van der Waals surface area contributed by atoms with Gasteiger partial charge in [0.25, 0.3) is 0 Å². The number of anilines is 1. The molecule has 10 heteroatoms. The van der Waals surface area contributed by atoms with Gasteiger partial charge in [-0.15, -0.1) is 0 Å². The van der Waals surface area contributed by atoms with Crippen LogP contribution < -0.4 is 9.64 Å². The van der Waals surface area contributed by atoms with E-state index < -0.39 is 0 Å². The Labute approximate surface area is 168 Å². The molecule has 29 heavy (non-hydrogen) atoms. The molecule has 4 rings (SSSR count). The van der Waals surface area contributed by atoms with E-state index in [0.717, 1.165) is 16.9 Å². The van der Waals surface area contributed by atoms with E-state index >= 15 is 0 Å². The first-order chi connectivity index (χ1) is 14.1. The van der Waals surface area contributed by atoms with E-state index in [1.54, 1.807) is 28.9 Å². The molecule has 0 bridgehead atoms. The Hall–Kier alpha value is -3.43. The number of hydrogen-bond acceptors (Lipinski definition) is 8. The summed E-state index contributed by atoms with van der Waals surface area (Å²) in [6, 6.07) is 1.92. The maximum atomic E-state index is 12.1. The maximum Gasteiger partial charge on any atom is 0.410 e. The second-order valence-electron chi connectivity index (χ2n) is 6.96. The monoisotopic (exact) mass is 397 g/mol. The van der Waals surface area contributed by atoms with Gasteiger partial charge in [-0.05, 0) is 19.9 Å². The molecule has 1 fully saturated rings. The Morgan fingerprint density at radius 1 is 1.14 bits per heavy atom. The predicted octanol–water partition coefficient (Wildman–Crippen LogP) is 1.86. The molecule has 4 heterocycles. The number of nitrogens with zero attached hydrogens (tertiary/aromatic N) is 7. The van der Waals surface area contributed by atoms with Gasteiger partial charge in [0.15, 0.2) is 5.65 Å². The summed E-state index contributed by atoms with van der Waals surface area (Å²) in [5, 5.41) is 4.37. The third-order valence-electron chi connectivity index (χ3n) is 4.71. The standard InChI is InChI=1S/C19H23N7O3/c1-13(2)29-19(27)25-8-6-24(7-9-25)16-4-5-26-17(23-16)14(11-22-26)15-10-20-12-21-18(15)28-3/h4-5,10-13H,6-9H2,1-3H3. The van der Waals surface area contributed by atoms with Gasteiger partial charge in [-0.25, -0.2) is 24.3 Å². The van der Waals surface area contributed by atoms with E-state index in [1.807, 2.05) is 26.1 Å². The minimum Gasteiger partial charge on any atom is -0.480 e. The fourth-order valence-corrected chi connectivity index (χ4v) is 3.29. The van der Waals surface area contributed by atoms with Crippen LogP contribution in [-0.2, 0) is 4.74 Å². The largest absolute Gasteiger partial charge is 0.480 e. The molecule has 10 nitrogen and oxygen atoms in total. The van der Waals surface area contributed by atoms with Crippen molar-refractivity contribution in [1.29, 1.82) is 0 Å². The van der Waals surface area contributed by atoms with E-state index in [2.05, 4.69) is 20.0 Å². The number of aromatic nitrogens is 5. The van der Waals surface area contributed by atoms with Crippen LogP contribution in [0.3, 0.4) is 0 Å². The summed E-state index contributed by atoms with van der Waals surface area (Å²) in [6.45, 7) is 6.23. The minimum atomic E-state index is -0.266. The lowest BCUT2D eigenvalue weighted by Crippen LogP contribution is -2.49. The lowest BCUT2D eigenvalue weighted by atomic mass is 10.2. The molecule has 1 amide bonds. The molecule has 0 spiro atoms. The molecule has 0 radical (unpaired) electrons. The summed E-state index contributed by atoms with van der Waals surface area (Å²) >= 11 is 0. The van der Waals surface area contributed by atoms with Gasteiger partial charge < -0.3 is 19.3 Å². The maximum absolute atomic E-state index is 12.1. The van der Waals surface area contributed by atoms with Crippen LogP contribution in [0.5, 0.6) is 5.88 Å². The van der Waals surface area contributed by atoms with Gasteiger partial charge in [0, 0.05) is 38.6 Å². The highest BCUT2D eigenvalue weighted by molar-refractivity contribution is 5.80. The molecule has 1 aliphatic rings. The lowest BCUT2D eigenvalue weighted by molar-refractivity contribution is 0.0751. The van der Waals surface area contributed by atoms with Gasteiger partial charge in [-0.1, -0.05) is 0 Å². The summed E-state index contributed by atoms with van der Waals surface area (Å²) in [5.74, 6) is 1.30. The van der Waals surface area contributed by atoms with Crippen LogP contribution in [0.2, 0.25) is 0 Å². The number of methoxy groups -OCH3 is 1. The van der Waals surface area contributed by atoms with Crippen LogP contribution in [0, 0.1) is 0 Å². The Balaban J connectivity index is 1.56. The van der Waals surface area contributed by atoms with Gasteiger partial charge in [0.2, 0.25) is 5.88 Å². The van der Waals surface area contributed by atoms with Crippen LogP contribution in [-0.4, -0.2) is 75.0 Å². The summed E-state index contributed by atoms with van der Waals surface area (Å²) in [6.07, 6.45) is 6.35. The SMILES string of the molecule is COc1ncncc1-c1cnn2ccc(N3CCN(C(=O)OC(C)C)CC3)nc12. The fourth-order valence-electron chi connectivity index (χ4n) is 3.29. The molecule has 3 aromatic heterocycles. The molecule has 1 saturated heterocycles. The third kappa shape index (κ3) is 3.78. The zero-order valence-corrected chi connectivity index (χ0v) is 16.6. The number of ether oxygens (including phenoxy) is 2. The summed E-state index contributed by atoms with van der Waals surface area (Å²) in [4.78, 5) is 29.0. The molecule has 152 valence electrons. The topological polar surface area (TPSA) is 98.0 Å². The number of hydrogen-bond donors (Lipinski definition) is 0. The molecular formula is C19H23N7O3. The fraction of sp³-hybridized carbons (Fsp3) is 0.421. The molecule has 0 N–H and O–H groups in total. The van der Waals surface area contributed by atoms with Gasteiger partial charge in [-0.2, -0.15) is 5.10 Å². The number of amides is 1. The number of fused-ring (bicyclic) bond motifs is 1. The van der Waals surface area contributed by atoms with Gasteiger partial charge >= 0.3 is 6.09 Å². The molecule has 0 atom stereocenters. The van der Waals surface area contributed by atoms with Crippen molar-refractivity contribution < 1.29 is 14.3 Å². The predicted molar refractivity (Wildman–Crippen MR) is 106 cm³/mol. The number of carbonyl (C=O) groups is 1. The Kier molecular flexibility index (Phi) is 5.15. The van der Waals surface area contributed by atoms with Crippen molar-refractivity contribution in [2.75, 3.05) is 38.2 Å². The first kappa shape index (κ1) is 18.9. The smallest absolute Gasteiger partial charge is 0.410 e. The number of rotatable bonds is 4. The van der Waals surface area contributed by atoms with E-state index in [4.69, 9.17) is 14.5 Å². The number of carbonyl (C=O) groups excluding carboxylic acids is 1.